The lowest BCUT2D eigenvalue weighted by molar-refractivity contribution is 0.0337. The van der Waals surface area contributed by atoms with E-state index in [4.69, 9.17) is 4.74 Å². The third kappa shape index (κ3) is 2.63. The SMILES string of the molecule is C[C@@H](OC(=O)c1c(O)ccc2ccccc12)c1ccncc1. The number of esters is 1. The van der Waals surface area contributed by atoms with Crippen molar-refractivity contribution in [1.82, 2.24) is 4.98 Å². The maximum atomic E-state index is 12.5. The van der Waals surface area contributed by atoms with Crippen molar-refractivity contribution < 1.29 is 14.6 Å². The molecule has 4 heteroatoms. The van der Waals surface area contributed by atoms with Crippen molar-refractivity contribution >= 4 is 16.7 Å². The van der Waals surface area contributed by atoms with Crippen LogP contribution in [-0.4, -0.2) is 16.1 Å². The Balaban J connectivity index is 1.94. The maximum Gasteiger partial charge on any atom is 0.343 e. The number of hydrogen-bond acceptors (Lipinski definition) is 4. The molecule has 0 saturated heterocycles. The number of ether oxygens (including phenoxy) is 1. The highest BCUT2D eigenvalue weighted by Crippen LogP contribution is 2.29. The second kappa shape index (κ2) is 5.85. The Bertz CT molecular complexity index is 815. The Kier molecular flexibility index (Phi) is 3.74. The van der Waals surface area contributed by atoms with Crippen LogP contribution >= 0.6 is 0 Å². The van der Waals surface area contributed by atoms with E-state index in [1.165, 1.54) is 6.07 Å². The van der Waals surface area contributed by atoms with Gasteiger partial charge in [0.25, 0.3) is 0 Å². The summed E-state index contributed by atoms with van der Waals surface area (Å²) in [6.07, 6.45) is 2.87. The summed E-state index contributed by atoms with van der Waals surface area (Å²) in [7, 11) is 0. The van der Waals surface area contributed by atoms with Gasteiger partial charge in [0.05, 0.1) is 0 Å². The predicted octanol–water partition coefficient (Wildman–Crippen LogP) is 3.86. The van der Waals surface area contributed by atoms with Crippen LogP contribution in [0, 0.1) is 0 Å². The highest BCUT2D eigenvalue weighted by molar-refractivity contribution is 6.07. The van der Waals surface area contributed by atoms with E-state index < -0.39 is 12.1 Å². The van der Waals surface area contributed by atoms with Gasteiger partial charge in [-0.1, -0.05) is 30.3 Å². The lowest BCUT2D eigenvalue weighted by atomic mass is 10.0. The number of carbonyl (C=O) groups excluding carboxylic acids is 1. The van der Waals surface area contributed by atoms with Crippen LogP contribution in [0.2, 0.25) is 0 Å². The first-order valence-electron chi connectivity index (χ1n) is 6.98. The van der Waals surface area contributed by atoms with E-state index in [0.29, 0.717) is 5.39 Å². The molecule has 4 nitrogen and oxygen atoms in total. The molecule has 0 radical (unpaired) electrons. The number of phenols is 1. The molecule has 110 valence electrons. The number of aromatic hydroxyl groups is 1. The van der Waals surface area contributed by atoms with Crippen LogP contribution in [0.1, 0.15) is 28.9 Å². The molecule has 1 atom stereocenters. The highest BCUT2D eigenvalue weighted by Gasteiger charge is 2.19. The average Bonchev–Trinajstić information content (AvgIpc) is 2.55. The van der Waals surface area contributed by atoms with Gasteiger partial charge in [-0.05, 0) is 41.5 Å². The third-order valence-corrected chi connectivity index (χ3v) is 3.57. The summed E-state index contributed by atoms with van der Waals surface area (Å²) in [5, 5.41) is 11.6. The second-order valence-electron chi connectivity index (χ2n) is 5.01. The summed E-state index contributed by atoms with van der Waals surface area (Å²) in [4.78, 5) is 16.4. The Morgan fingerprint density at radius 2 is 1.82 bits per heavy atom. The number of fused-ring (bicyclic) bond motifs is 1. The fourth-order valence-corrected chi connectivity index (χ4v) is 2.40. The first-order chi connectivity index (χ1) is 10.7. The molecular formula is C18H15NO3. The molecule has 1 aromatic heterocycles. The molecule has 3 aromatic rings. The second-order valence-corrected chi connectivity index (χ2v) is 5.01. The fourth-order valence-electron chi connectivity index (χ4n) is 2.40. The fraction of sp³-hybridized carbons (Fsp3) is 0.111. The number of pyridine rings is 1. The lowest BCUT2D eigenvalue weighted by Crippen LogP contribution is -2.10. The average molecular weight is 293 g/mol. The molecule has 2 aromatic carbocycles. The van der Waals surface area contributed by atoms with Gasteiger partial charge >= 0.3 is 5.97 Å². The Labute approximate surface area is 128 Å². The zero-order valence-corrected chi connectivity index (χ0v) is 12.1. The van der Waals surface area contributed by atoms with E-state index >= 15 is 0 Å². The third-order valence-electron chi connectivity index (χ3n) is 3.57. The zero-order chi connectivity index (χ0) is 15.5. The molecule has 0 spiro atoms. The van der Waals surface area contributed by atoms with Crippen LogP contribution in [0.25, 0.3) is 10.8 Å². The number of aromatic nitrogens is 1. The van der Waals surface area contributed by atoms with Crippen LogP contribution in [0.3, 0.4) is 0 Å². The van der Waals surface area contributed by atoms with Gasteiger partial charge in [0.1, 0.15) is 17.4 Å². The zero-order valence-electron chi connectivity index (χ0n) is 12.1. The van der Waals surface area contributed by atoms with Crippen molar-refractivity contribution in [3.05, 3.63) is 72.1 Å². The molecule has 3 rings (SSSR count). The summed E-state index contributed by atoms with van der Waals surface area (Å²) < 4.78 is 5.48. The first-order valence-corrected chi connectivity index (χ1v) is 6.98. The van der Waals surface area contributed by atoms with Crippen molar-refractivity contribution in [3.8, 4) is 5.75 Å². The van der Waals surface area contributed by atoms with E-state index in [1.807, 2.05) is 18.2 Å². The van der Waals surface area contributed by atoms with Crippen LogP contribution in [-0.2, 0) is 4.74 Å². The standard InChI is InChI=1S/C18H15NO3/c1-12(13-8-10-19-11-9-13)22-18(21)17-15-5-3-2-4-14(15)6-7-16(17)20/h2-12,20H,1H3/t12-/m1/s1. The number of nitrogens with zero attached hydrogens (tertiary/aromatic N) is 1. The van der Waals surface area contributed by atoms with Crippen LogP contribution < -0.4 is 0 Å². The van der Waals surface area contributed by atoms with Gasteiger partial charge in [0.15, 0.2) is 0 Å². The highest BCUT2D eigenvalue weighted by atomic mass is 16.5. The summed E-state index contributed by atoms with van der Waals surface area (Å²) in [5.41, 5.74) is 1.04. The van der Waals surface area contributed by atoms with E-state index in [1.54, 1.807) is 43.6 Å². The molecule has 0 fully saturated rings. The molecule has 1 heterocycles. The molecule has 0 aliphatic carbocycles. The number of rotatable bonds is 3. The van der Waals surface area contributed by atoms with Crippen molar-refractivity contribution in [1.29, 1.82) is 0 Å². The van der Waals surface area contributed by atoms with Gasteiger partial charge in [-0.15, -0.1) is 0 Å². The van der Waals surface area contributed by atoms with E-state index in [9.17, 15) is 9.90 Å². The number of carbonyl (C=O) groups is 1. The van der Waals surface area contributed by atoms with Crippen LogP contribution in [0.5, 0.6) is 5.75 Å². The molecule has 0 aliphatic rings. The monoisotopic (exact) mass is 293 g/mol. The van der Waals surface area contributed by atoms with Gasteiger partial charge in [-0.2, -0.15) is 0 Å². The smallest absolute Gasteiger partial charge is 0.343 e. The van der Waals surface area contributed by atoms with E-state index in [-0.39, 0.29) is 11.3 Å². The Morgan fingerprint density at radius 1 is 1.09 bits per heavy atom. The Hall–Kier alpha value is -2.88. The van der Waals surface area contributed by atoms with Crippen molar-refractivity contribution in [2.75, 3.05) is 0 Å². The lowest BCUT2D eigenvalue weighted by Gasteiger charge is -2.15. The molecular weight excluding hydrogens is 278 g/mol. The van der Waals surface area contributed by atoms with Gasteiger partial charge < -0.3 is 9.84 Å². The molecule has 0 saturated carbocycles. The molecule has 0 bridgehead atoms. The number of phenolic OH excluding ortho intramolecular Hbond substituents is 1. The number of benzene rings is 2. The molecule has 0 aliphatic heterocycles. The van der Waals surface area contributed by atoms with E-state index in [2.05, 4.69) is 4.98 Å². The quantitative estimate of drug-likeness (QED) is 0.745. The molecule has 0 amide bonds. The predicted molar refractivity (Wildman–Crippen MR) is 83.7 cm³/mol. The molecule has 0 unspecified atom stereocenters. The summed E-state index contributed by atoms with van der Waals surface area (Å²) in [6.45, 7) is 1.79. The van der Waals surface area contributed by atoms with Crippen molar-refractivity contribution in [2.24, 2.45) is 0 Å². The minimum absolute atomic E-state index is 0.0781. The van der Waals surface area contributed by atoms with Crippen LogP contribution in [0.15, 0.2) is 60.9 Å². The Morgan fingerprint density at radius 3 is 2.59 bits per heavy atom. The van der Waals surface area contributed by atoms with Gasteiger partial charge in [-0.3, -0.25) is 4.98 Å². The topological polar surface area (TPSA) is 59.4 Å². The molecule has 22 heavy (non-hydrogen) atoms. The number of hydrogen-bond donors (Lipinski definition) is 1. The normalized spacial score (nSPS) is 12.0. The van der Waals surface area contributed by atoms with Crippen molar-refractivity contribution in [2.45, 2.75) is 13.0 Å². The first kappa shape index (κ1) is 14.1. The van der Waals surface area contributed by atoms with E-state index in [0.717, 1.165) is 10.9 Å². The summed E-state index contributed by atoms with van der Waals surface area (Å²) in [6, 6.07) is 14.3. The van der Waals surface area contributed by atoms with Crippen LogP contribution in [0.4, 0.5) is 0 Å². The largest absolute Gasteiger partial charge is 0.507 e. The summed E-state index contributed by atoms with van der Waals surface area (Å²) in [5.74, 6) is -0.621. The van der Waals surface area contributed by atoms with Gasteiger partial charge in [-0.25, -0.2) is 4.79 Å². The van der Waals surface area contributed by atoms with Gasteiger partial charge in [0.2, 0.25) is 0 Å². The van der Waals surface area contributed by atoms with Gasteiger partial charge in [0, 0.05) is 12.4 Å². The summed E-state index contributed by atoms with van der Waals surface area (Å²) >= 11 is 0. The van der Waals surface area contributed by atoms with Crippen molar-refractivity contribution in [3.63, 3.8) is 0 Å². The minimum Gasteiger partial charge on any atom is -0.507 e. The maximum absolute atomic E-state index is 12.5. The minimum atomic E-state index is -0.543. The molecule has 1 N–H and O–H groups in total.